The molecule has 1 rings (SSSR count). The highest BCUT2D eigenvalue weighted by molar-refractivity contribution is 5.70. The summed E-state index contributed by atoms with van der Waals surface area (Å²) in [4.78, 5) is 11.2. The zero-order valence-electron chi connectivity index (χ0n) is 9.05. The fourth-order valence-corrected chi connectivity index (χ4v) is 1.43. The zero-order valence-corrected chi connectivity index (χ0v) is 9.05. The Hall–Kier alpha value is -0.790. The molecule has 0 spiro atoms. The summed E-state index contributed by atoms with van der Waals surface area (Å²) in [5, 5.41) is 0. The molecule has 1 aliphatic rings. The van der Waals surface area contributed by atoms with Gasteiger partial charge in [0.05, 0.1) is 0 Å². The Kier molecular flexibility index (Phi) is 5.35. The maximum atomic E-state index is 11.2. The third-order valence-corrected chi connectivity index (χ3v) is 2.49. The van der Waals surface area contributed by atoms with Crippen LogP contribution in [0.15, 0.2) is 11.8 Å². The van der Waals surface area contributed by atoms with Crippen molar-refractivity contribution in [3.05, 3.63) is 11.8 Å². The molecular formula is C12H20O2. The summed E-state index contributed by atoms with van der Waals surface area (Å²) >= 11 is 0. The highest BCUT2D eigenvalue weighted by atomic mass is 16.5. The first-order chi connectivity index (χ1) is 6.83. The van der Waals surface area contributed by atoms with Crippen LogP contribution < -0.4 is 0 Å². The Labute approximate surface area is 86.3 Å². The van der Waals surface area contributed by atoms with E-state index in [1.165, 1.54) is 19.3 Å². The summed E-state index contributed by atoms with van der Waals surface area (Å²) in [6.07, 6.45) is 10.5. The molecule has 1 aliphatic carbocycles. The molecule has 80 valence electrons. The topological polar surface area (TPSA) is 26.3 Å². The molecule has 0 fully saturated rings. The maximum Gasteiger partial charge on any atom is 0.310 e. The number of carbonyl (C=O) groups is 1. The van der Waals surface area contributed by atoms with E-state index in [0.29, 0.717) is 6.42 Å². The lowest BCUT2D eigenvalue weighted by Crippen LogP contribution is -2.07. The van der Waals surface area contributed by atoms with Crippen molar-refractivity contribution in [2.45, 2.75) is 58.3 Å². The van der Waals surface area contributed by atoms with Gasteiger partial charge in [0.25, 0.3) is 0 Å². The van der Waals surface area contributed by atoms with Crippen LogP contribution >= 0.6 is 0 Å². The van der Waals surface area contributed by atoms with Crippen molar-refractivity contribution < 1.29 is 9.53 Å². The Balaban J connectivity index is 1.92. The fourth-order valence-electron chi connectivity index (χ4n) is 1.43. The molecule has 0 saturated heterocycles. The first-order valence-corrected chi connectivity index (χ1v) is 5.72. The second-order valence-electron chi connectivity index (χ2n) is 3.85. The van der Waals surface area contributed by atoms with E-state index < -0.39 is 0 Å². The zero-order chi connectivity index (χ0) is 10.2. The van der Waals surface area contributed by atoms with Gasteiger partial charge in [-0.1, -0.05) is 32.6 Å². The summed E-state index contributed by atoms with van der Waals surface area (Å²) in [5.41, 5.74) is 0. The van der Waals surface area contributed by atoms with E-state index in [2.05, 4.69) is 6.92 Å². The average molecular weight is 196 g/mol. The first kappa shape index (κ1) is 11.3. The highest BCUT2D eigenvalue weighted by Crippen LogP contribution is 2.19. The molecular weight excluding hydrogens is 176 g/mol. The second kappa shape index (κ2) is 6.63. The van der Waals surface area contributed by atoms with E-state index in [-0.39, 0.29) is 5.97 Å². The predicted octanol–water partition coefficient (Wildman–Crippen LogP) is 3.57. The van der Waals surface area contributed by atoms with Crippen LogP contribution in [0.3, 0.4) is 0 Å². The number of hydrogen-bond donors (Lipinski definition) is 0. The monoisotopic (exact) mass is 196 g/mol. The van der Waals surface area contributed by atoms with E-state index in [0.717, 1.165) is 31.4 Å². The van der Waals surface area contributed by atoms with Gasteiger partial charge in [-0.15, -0.1) is 0 Å². The number of rotatable bonds is 7. The van der Waals surface area contributed by atoms with Gasteiger partial charge in [-0.05, 0) is 18.9 Å². The molecule has 0 heterocycles. The SMILES string of the molecule is CCCCCCCC(=O)OC1=CCC1. The van der Waals surface area contributed by atoms with Gasteiger partial charge in [0.15, 0.2) is 0 Å². The van der Waals surface area contributed by atoms with Crippen LogP contribution in [0.5, 0.6) is 0 Å². The number of hydrogen-bond acceptors (Lipinski definition) is 2. The van der Waals surface area contributed by atoms with Crippen LogP contribution in [0.1, 0.15) is 58.3 Å². The van der Waals surface area contributed by atoms with Gasteiger partial charge >= 0.3 is 5.97 Å². The standard InChI is InChI=1S/C12H20O2/c1-2-3-4-5-6-10-12(13)14-11-8-7-9-11/h8H,2-7,9-10H2,1H3. The third kappa shape index (κ3) is 4.45. The van der Waals surface area contributed by atoms with E-state index in [1.54, 1.807) is 0 Å². The van der Waals surface area contributed by atoms with Crippen LogP contribution in [0.4, 0.5) is 0 Å². The van der Waals surface area contributed by atoms with Gasteiger partial charge in [0.2, 0.25) is 0 Å². The highest BCUT2D eigenvalue weighted by Gasteiger charge is 2.11. The number of esters is 1. The summed E-state index contributed by atoms with van der Waals surface area (Å²) in [7, 11) is 0. The van der Waals surface area contributed by atoms with Crippen molar-refractivity contribution in [3.8, 4) is 0 Å². The van der Waals surface area contributed by atoms with Crippen LogP contribution in [0, 0.1) is 0 Å². The quantitative estimate of drug-likeness (QED) is 0.459. The molecule has 0 atom stereocenters. The molecule has 0 aromatic heterocycles. The first-order valence-electron chi connectivity index (χ1n) is 5.72. The van der Waals surface area contributed by atoms with Gasteiger partial charge in [0.1, 0.15) is 5.76 Å². The van der Waals surface area contributed by atoms with Gasteiger partial charge in [-0.3, -0.25) is 4.79 Å². The van der Waals surface area contributed by atoms with Crippen LogP contribution in [0.25, 0.3) is 0 Å². The van der Waals surface area contributed by atoms with Crippen molar-refractivity contribution in [2.75, 3.05) is 0 Å². The summed E-state index contributed by atoms with van der Waals surface area (Å²) in [6, 6.07) is 0. The van der Waals surface area contributed by atoms with Crippen molar-refractivity contribution in [2.24, 2.45) is 0 Å². The lowest BCUT2D eigenvalue weighted by Gasteiger charge is -2.13. The van der Waals surface area contributed by atoms with E-state index in [1.807, 2.05) is 6.08 Å². The molecule has 0 amide bonds. The molecule has 0 aliphatic heterocycles. The Bertz CT molecular complexity index is 206. The van der Waals surface area contributed by atoms with Gasteiger partial charge in [-0.25, -0.2) is 0 Å². The normalized spacial score (nSPS) is 14.5. The second-order valence-corrected chi connectivity index (χ2v) is 3.85. The van der Waals surface area contributed by atoms with E-state index in [9.17, 15) is 4.79 Å². The van der Waals surface area contributed by atoms with Gasteiger partial charge in [-0.2, -0.15) is 0 Å². The summed E-state index contributed by atoms with van der Waals surface area (Å²) in [5.74, 6) is 0.830. The lowest BCUT2D eigenvalue weighted by atomic mass is 10.1. The average Bonchev–Trinajstić information content (AvgIpc) is 2.11. The van der Waals surface area contributed by atoms with Crippen molar-refractivity contribution in [1.82, 2.24) is 0 Å². The van der Waals surface area contributed by atoms with Crippen molar-refractivity contribution >= 4 is 5.97 Å². The maximum absolute atomic E-state index is 11.2. The molecule has 0 aromatic carbocycles. The van der Waals surface area contributed by atoms with E-state index >= 15 is 0 Å². The number of carbonyl (C=O) groups excluding carboxylic acids is 1. The molecule has 14 heavy (non-hydrogen) atoms. The van der Waals surface area contributed by atoms with Gasteiger partial charge in [0, 0.05) is 12.8 Å². The number of allylic oxidation sites excluding steroid dienone is 2. The van der Waals surface area contributed by atoms with Gasteiger partial charge < -0.3 is 4.74 Å². The predicted molar refractivity (Wildman–Crippen MR) is 56.8 cm³/mol. The van der Waals surface area contributed by atoms with Crippen LogP contribution in [-0.2, 0) is 9.53 Å². The van der Waals surface area contributed by atoms with Crippen LogP contribution in [-0.4, -0.2) is 5.97 Å². The largest absolute Gasteiger partial charge is 0.431 e. The van der Waals surface area contributed by atoms with Crippen molar-refractivity contribution in [1.29, 1.82) is 0 Å². The molecule has 0 N–H and O–H groups in total. The lowest BCUT2D eigenvalue weighted by molar-refractivity contribution is -0.140. The Morgan fingerprint density at radius 2 is 2.07 bits per heavy atom. The molecule has 0 radical (unpaired) electrons. The fraction of sp³-hybridized carbons (Fsp3) is 0.750. The van der Waals surface area contributed by atoms with E-state index in [4.69, 9.17) is 4.74 Å². The molecule has 0 bridgehead atoms. The Morgan fingerprint density at radius 1 is 1.36 bits per heavy atom. The molecule has 2 heteroatoms. The molecule has 0 saturated carbocycles. The Morgan fingerprint density at radius 3 is 2.64 bits per heavy atom. The molecule has 0 aromatic rings. The molecule has 0 unspecified atom stereocenters. The summed E-state index contributed by atoms with van der Waals surface area (Å²) in [6.45, 7) is 2.19. The molecule has 2 nitrogen and oxygen atoms in total. The summed E-state index contributed by atoms with van der Waals surface area (Å²) < 4.78 is 5.12. The number of unbranched alkanes of at least 4 members (excludes halogenated alkanes) is 4. The minimum absolute atomic E-state index is 0.0487. The minimum Gasteiger partial charge on any atom is -0.431 e. The smallest absolute Gasteiger partial charge is 0.310 e. The van der Waals surface area contributed by atoms with Crippen molar-refractivity contribution in [3.63, 3.8) is 0 Å². The minimum atomic E-state index is -0.0487. The number of ether oxygens (including phenoxy) is 1. The van der Waals surface area contributed by atoms with Crippen LogP contribution in [0.2, 0.25) is 0 Å². The third-order valence-electron chi connectivity index (χ3n) is 2.49.